The van der Waals surface area contributed by atoms with Crippen LogP contribution < -0.4 is 10.2 Å². The molecule has 0 radical (unpaired) electrons. The van der Waals surface area contributed by atoms with E-state index >= 15 is 0 Å². The molecule has 22 heavy (non-hydrogen) atoms. The maximum atomic E-state index is 12.5. The second-order valence-electron chi connectivity index (χ2n) is 5.03. The summed E-state index contributed by atoms with van der Waals surface area (Å²) in [5.74, 6) is -0.145. The minimum absolute atomic E-state index is 0.0723. The Hall–Kier alpha value is -1.88. The maximum Gasteiger partial charge on any atom is 0.238 e. The molecule has 2 rings (SSSR count). The van der Waals surface area contributed by atoms with E-state index in [2.05, 4.69) is 20.9 Å². The molecule has 1 aromatic heterocycles. The Morgan fingerprint density at radius 3 is 2.55 bits per heavy atom. The molecule has 4 nitrogen and oxygen atoms in total. The predicted octanol–water partition coefficient (Wildman–Crippen LogP) is 3.87. The highest BCUT2D eigenvalue weighted by molar-refractivity contribution is 9.10. The third kappa shape index (κ3) is 3.65. The van der Waals surface area contributed by atoms with E-state index in [1.165, 1.54) is 6.92 Å². The summed E-state index contributed by atoms with van der Waals surface area (Å²) in [5.41, 5.74) is 1.60. The van der Waals surface area contributed by atoms with Gasteiger partial charge in [0.2, 0.25) is 5.43 Å². The molecule has 5 heteroatoms. The molecule has 1 aromatic carbocycles. The number of Topliss-reactive ketones (excluding diaryl/α,β-unsaturated/α-hetero) is 1. The van der Waals surface area contributed by atoms with E-state index in [1.54, 1.807) is 0 Å². The van der Waals surface area contributed by atoms with Crippen LogP contribution in [0.4, 0.5) is 0 Å². The first kappa shape index (κ1) is 16.5. The van der Waals surface area contributed by atoms with Gasteiger partial charge in [-0.1, -0.05) is 43.7 Å². The minimum atomic E-state index is -0.289. The van der Waals surface area contributed by atoms with Crippen molar-refractivity contribution < 1.29 is 9.53 Å². The summed E-state index contributed by atoms with van der Waals surface area (Å²) in [6.07, 6.45) is 1.56. The summed E-state index contributed by atoms with van der Waals surface area (Å²) in [5, 5.41) is 0. The number of nitrogens with one attached hydrogen (secondary N) is 1. The first-order valence-corrected chi connectivity index (χ1v) is 7.96. The van der Waals surface area contributed by atoms with Crippen molar-refractivity contribution in [2.24, 2.45) is 0 Å². The molecular formula is C17H18BrNO3. The molecule has 0 fully saturated rings. The standard InChI is InChI=1S/C17H18BrNO3/c1-3-7-13-14(18)16(21)17(15(19-13)11(2)20)22-10-12-8-5-4-6-9-12/h4-6,8-9H,3,7,10H2,1-2H3,(H,19,21). The number of aromatic nitrogens is 1. The van der Waals surface area contributed by atoms with Crippen LogP contribution in [0.1, 0.15) is 42.0 Å². The molecule has 1 N–H and O–H groups in total. The number of benzene rings is 1. The molecule has 0 bridgehead atoms. The fraction of sp³-hybridized carbons (Fsp3) is 0.294. The van der Waals surface area contributed by atoms with Gasteiger partial charge in [-0.2, -0.15) is 0 Å². The first-order chi connectivity index (χ1) is 10.5. The van der Waals surface area contributed by atoms with Crippen LogP contribution in [0.2, 0.25) is 0 Å². The van der Waals surface area contributed by atoms with Gasteiger partial charge in [0, 0.05) is 12.6 Å². The SMILES string of the molecule is CCCc1[nH]c(C(C)=O)c(OCc2ccccc2)c(=O)c1Br. The largest absolute Gasteiger partial charge is 0.483 e. The average Bonchev–Trinajstić information content (AvgIpc) is 2.51. The second-order valence-corrected chi connectivity index (χ2v) is 5.82. The van der Waals surface area contributed by atoms with Crippen LogP contribution in [0.25, 0.3) is 0 Å². The third-order valence-electron chi connectivity index (χ3n) is 3.25. The van der Waals surface area contributed by atoms with Crippen LogP contribution in [-0.2, 0) is 13.0 Å². The fourth-order valence-electron chi connectivity index (χ4n) is 2.15. The lowest BCUT2D eigenvalue weighted by Gasteiger charge is -2.13. The Labute approximate surface area is 137 Å². The number of aromatic amines is 1. The normalized spacial score (nSPS) is 10.5. The lowest BCUT2D eigenvalue weighted by atomic mass is 10.1. The Morgan fingerprint density at radius 1 is 1.27 bits per heavy atom. The van der Waals surface area contributed by atoms with Crippen LogP contribution in [-0.4, -0.2) is 10.8 Å². The van der Waals surface area contributed by atoms with Gasteiger partial charge >= 0.3 is 0 Å². The predicted molar refractivity (Wildman–Crippen MR) is 89.5 cm³/mol. The van der Waals surface area contributed by atoms with Gasteiger partial charge < -0.3 is 9.72 Å². The molecule has 0 amide bonds. The quantitative estimate of drug-likeness (QED) is 0.792. The highest BCUT2D eigenvalue weighted by atomic mass is 79.9. The lowest BCUT2D eigenvalue weighted by Crippen LogP contribution is -2.18. The number of carbonyl (C=O) groups is 1. The highest BCUT2D eigenvalue weighted by Crippen LogP contribution is 2.21. The Morgan fingerprint density at radius 2 is 1.95 bits per heavy atom. The molecule has 0 aliphatic heterocycles. The molecular weight excluding hydrogens is 346 g/mol. The number of halogens is 1. The van der Waals surface area contributed by atoms with E-state index in [-0.39, 0.29) is 29.3 Å². The number of carbonyl (C=O) groups excluding carboxylic acids is 1. The summed E-state index contributed by atoms with van der Waals surface area (Å²) in [6, 6.07) is 9.52. The fourth-order valence-corrected chi connectivity index (χ4v) is 2.63. The number of aryl methyl sites for hydroxylation is 1. The van der Waals surface area contributed by atoms with Crippen molar-refractivity contribution in [3.63, 3.8) is 0 Å². The van der Waals surface area contributed by atoms with Crippen molar-refractivity contribution in [1.82, 2.24) is 4.98 Å². The minimum Gasteiger partial charge on any atom is -0.483 e. The summed E-state index contributed by atoms with van der Waals surface area (Å²) in [6.45, 7) is 3.67. The van der Waals surface area contributed by atoms with Crippen molar-refractivity contribution in [2.75, 3.05) is 0 Å². The number of pyridine rings is 1. The third-order valence-corrected chi connectivity index (χ3v) is 4.09. The number of hydrogen-bond acceptors (Lipinski definition) is 3. The molecule has 0 saturated heterocycles. The van der Waals surface area contributed by atoms with Crippen molar-refractivity contribution in [3.8, 4) is 5.75 Å². The van der Waals surface area contributed by atoms with E-state index in [0.29, 0.717) is 10.9 Å². The molecule has 2 aromatic rings. The Bertz CT molecular complexity index is 723. The molecule has 0 atom stereocenters. The Balaban J connectivity index is 2.39. The van der Waals surface area contributed by atoms with Crippen LogP contribution >= 0.6 is 15.9 Å². The van der Waals surface area contributed by atoms with Gasteiger partial charge in [-0.3, -0.25) is 9.59 Å². The van der Waals surface area contributed by atoms with E-state index in [1.807, 2.05) is 37.3 Å². The lowest BCUT2D eigenvalue weighted by molar-refractivity contribution is 0.100. The van der Waals surface area contributed by atoms with Gasteiger partial charge in [0.05, 0.1) is 4.47 Å². The van der Waals surface area contributed by atoms with Gasteiger partial charge in [0.25, 0.3) is 0 Å². The average molecular weight is 364 g/mol. The van der Waals surface area contributed by atoms with Crippen molar-refractivity contribution >= 4 is 21.7 Å². The molecule has 0 saturated carbocycles. The molecule has 116 valence electrons. The topological polar surface area (TPSA) is 59.2 Å². The van der Waals surface area contributed by atoms with E-state index < -0.39 is 0 Å². The number of H-pyrrole nitrogens is 1. The van der Waals surface area contributed by atoms with E-state index in [4.69, 9.17) is 4.74 Å². The first-order valence-electron chi connectivity index (χ1n) is 7.16. The van der Waals surface area contributed by atoms with Gasteiger partial charge in [0.15, 0.2) is 11.5 Å². The van der Waals surface area contributed by atoms with Gasteiger partial charge in [-0.25, -0.2) is 0 Å². The van der Waals surface area contributed by atoms with Crippen molar-refractivity contribution in [3.05, 3.63) is 62.0 Å². The monoisotopic (exact) mass is 363 g/mol. The number of ketones is 1. The second kappa shape index (κ2) is 7.40. The molecule has 0 aliphatic carbocycles. The van der Waals surface area contributed by atoms with Crippen LogP contribution in [0.3, 0.4) is 0 Å². The molecule has 0 spiro atoms. The Kier molecular flexibility index (Phi) is 5.55. The molecule has 0 aliphatic rings. The summed E-state index contributed by atoms with van der Waals surface area (Å²) in [7, 11) is 0. The number of rotatable bonds is 6. The maximum absolute atomic E-state index is 12.5. The van der Waals surface area contributed by atoms with Crippen LogP contribution in [0, 0.1) is 0 Å². The zero-order valence-electron chi connectivity index (χ0n) is 12.6. The molecule has 0 unspecified atom stereocenters. The zero-order chi connectivity index (χ0) is 16.1. The molecule has 1 heterocycles. The number of hydrogen-bond donors (Lipinski definition) is 1. The van der Waals surface area contributed by atoms with Gasteiger partial charge in [0.1, 0.15) is 12.3 Å². The van der Waals surface area contributed by atoms with Crippen molar-refractivity contribution in [2.45, 2.75) is 33.3 Å². The number of ether oxygens (including phenoxy) is 1. The smallest absolute Gasteiger partial charge is 0.238 e. The highest BCUT2D eigenvalue weighted by Gasteiger charge is 2.19. The summed E-state index contributed by atoms with van der Waals surface area (Å²) >= 11 is 3.31. The van der Waals surface area contributed by atoms with Gasteiger partial charge in [-0.05, 0) is 27.9 Å². The van der Waals surface area contributed by atoms with Gasteiger partial charge in [-0.15, -0.1) is 0 Å². The summed E-state index contributed by atoms with van der Waals surface area (Å²) in [4.78, 5) is 27.3. The van der Waals surface area contributed by atoms with Crippen molar-refractivity contribution in [1.29, 1.82) is 0 Å². The van der Waals surface area contributed by atoms with E-state index in [9.17, 15) is 9.59 Å². The summed E-state index contributed by atoms with van der Waals surface area (Å²) < 4.78 is 6.07. The zero-order valence-corrected chi connectivity index (χ0v) is 14.2. The van der Waals surface area contributed by atoms with E-state index in [0.717, 1.165) is 17.7 Å². The van der Waals surface area contributed by atoms with Crippen LogP contribution in [0.5, 0.6) is 5.75 Å². The van der Waals surface area contributed by atoms with Crippen LogP contribution in [0.15, 0.2) is 39.6 Å².